The molecule has 1 N–H and O–H groups in total. The molecule has 2 heteroatoms. The van der Waals surface area contributed by atoms with E-state index in [2.05, 4.69) is 38.2 Å². The highest BCUT2D eigenvalue weighted by Crippen LogP contribution is 2.21. The molecule has 1 fully saturated rings. The largest absolute Gasteiger partial charge is 0.310 e. The minimum atomic E-state index is 0.616. The van der Waals surface area contributed by atoms with Gasteiger partial charge in [0.25, 0.3) is 0 Å². The fraction of sp³-hybridized carbons (Fsp3) is 1.00. The first kappa shape index (κ1) is 11.0. The summed E-state index contributed by atoms with van der Waals surface area (Å²) in [5, 5.41) is 3.67. The summed E-state index contributed by atoms with van der Waals surface area (Å²) >= 11 is 0. The summed E-state index contributed by atoms with van der Waals surface area (Å²) < 4.78 is 0. The van der Waals surface area contributed by atoms with Crippen LogP contribution in [0.25, 0.3) is 0 Å². The molecular formula is C11H24N2. The van der Waals surface area contributed by atoms with Gasteiger partial charge in [0.1, 0.15) is 0 Å². The maximum atomic E-state index is 3.67. The van der Waals surface area contributed by atoms with Gasteiger partial charge in [0, 0.05) is 18.1 Å². The Balaban J connectivity index is 2.46. The lowest BCUT2D eigenvalue weighted by Crippen LogP contribution is -2.51. The van der Waals surface area contributed by atoms with E-state index in [1.165, 1.54) is 25.7 Å². The van der Waals surface area contributed by atoms with Gasteiger partial charge in [-0.1, -0.05) is 26.7 Å². The molecule has 0 spiro atoms. The van der Waals surface area contributed by atoms with Gasteiger partial charge in [0.15, 0.2) is 0 Å². The summed E-state index contributed by atoms with van der Waals surface area (Å²) in [6.07, 6.45) is 5.51. The van der Waals surface area contributed by atoms with Gasteiger partial charge in [0.2, 0.25) is 0 Å². The van der Waals surface area contributed by atoms with E-state index in [0.29, 0.717) is 12.1 Å². The standard InChI is InChI=1S/C11H24N2/c1-9(2)12-10-7-5-6-8-11(10)13(3)4/h9-12H,5-8H2,1-4H3. The Hall–Kier alpha value is -0.0800. The monoisotopic (exact) mass is 184 g/mol. The first-order valence-corrected chi connectivity index (χ1v) is 5.53. The van der Waals surface area contributed by atoms with E-state index in [1.54, 1.807) is 0 Å². The van der Waals surface area contributed by atoms with E-state index in [1.807, 2.05) is 0 Å². The van der Waals surface area contributed by atoms with Crippen LogP contribution in [-0.4, -0.2) is 37.1 Å². The molecule has 2 unspecified atom stereocenters. The van der Waals surface area contributed by atoms with Gasteiger partial charge < -0.3 is 10.2 Å². The van der Waals surface area contributed by atoms with Gasteiger partial charge in [-0.25, -0.2) is 0 Å². The van der Waals surface area contributed by atoms with Gasteiger partial charge in [-0.2, -0.15) is 0 Å². The predicted molar refractivity (Wildman–Crippen MR) is 58.0 cm³/mol. The molecule has 1 rings (SSSR count). The van der Waals surface area contributed by atoms with Gasteiger partial charge >= 0.3 is 0 Å². The van der Waals surface area contributed by atoms with E-state index in [-0.39, 0.29) is 0 Å². The Labute approximate surface area is 82.7 Å². The molecule has 0 amide bonds. The van der Waals surface area contributed by atoms with Gasteiger partial charge in [-0.3, -0.25) is 0 Å². The molecule has 0 aromatic heterocycles. The van der Waals surface area contributed by atoms with Gasteiger partial charge in [-0.15, -0.1) is 0 Å². The summed E-state index contributed by atoms with van der Waals surface area (Å²) in [4.78, 5) is 2.37. The molecule has 0 saturated heterocycles. The summed E-state index contributed by atoms with van der Waals surface area (Å²) in [5.41, 5.74) is 0. The predicted octanol–water partition coefficient (Wildman–Crippen LogP) is 1.86. The van der Waals surface area contributed by atoms with E-state index in [4.69, 9.17) is 0 Å². The van der Waals surface area contributed by atoms with Crippen molar-refractivity contribution in [3.8, 4) is 0 Å². The van der Waals surface area contributed by atoms with Crippen LogP contribution < -0.4 is 5.32 Å². The van der Waals surface area contributed by atoms with Crippen LogP contribution in [0.4, 0.5) is 0 Å². The average Bonchev–Trinajstić information content (AvgIpc) is 2.03. The van der Waals surface area contributed by atoms with Crippen molar-refractivity contribution in [2.75, 3.05) is 14.1 Å². The second kappa shape index (κ2) is 4.97. The zero-order chi connectivity index (χ0) is 9.84. The van der Waals surface area contributed by atoms with Crippen molar-refractivity contribution in [3.05, 3.63) is 0 Å². The molecule has 0 radical (unpaired) electrons. The third kappa shape index (κ3) is 3.28. The zero-order valence-corrected chi connectivity index (χ0v) is 9.51. The van der Waals surface area contributed by atoms with E-state index in [9.17, 15) is 0 Å². The maximum Gasteiger partial charge on any atom is 0.0243 e. The first-order chi connectivity index (χ1) is 6.11. The lowest BCUT2D eigenvalue weighted by atomic mass is 9.89. The summed E-state index contributed by atoms with van der Waals surface area (Å²) in [6, 6.07) is 2.07. The number of nitrogens with one attached hydrogen (secondary N) is 1. The van der Waals surface area contributed by atoms with Crippen LogP contribution in [0.15, 0.2) is 0 Å². The molecule has 0 aliphatic heterocycles. The van der Waals surface area contributed by atoms with Crippen molar-refractivity contribution < 1.29 is 0 Å². The molecule has 13 heavy (non-hydrogen) atoms. The number of hydrogen-bond acceptors (Lipinski definition) is 2. The molecule has 0 aromatic rings. The van der Waals surface area contributed by atoms with Crippen molar-refractivity contribution in [1.82, 2.24) is 10.2 Å². The third-order valence-corrected chi connectivity index (χ3v) is 2.94. The van der Waals surface area contributed by atoms with Crippen LogP contribution in [0, 0.1) is 0 Å². The third-order valence-electron chi connectivity index (χ3n) is 2.94. The van der Waals surface area contributed by atoms with Gasteiger partial charge in [-0.05, 0) is 26.9 Å². The van der Waals surface area contributed by atoms with Crippen molar-refractivity contribution in [1.29, 1.82) is 0 Å². The van der Waals surface area contributed by atoms with E-state index in [0.717, 1.165) is 6.04 Å². The van der Waals surface area contributed by atoms with Gasteiger partial charge in [0.05, 0.1) is 0 Å². The highest BCUT2D eigenvalue weighted by molar-refractivity contribution is 4.86. The van der Waals surface area contributed by atoms with Crippen molar-refractivity contribution >= 4 is 0 Å². The molecule has 0 aromatic carbocycles. The molecule has 78 valence electrons. The van der Waals surface area contributed by atoms with Crippen LogP contribution in [0.1, 0.15) is 39.5 Å². The molecule has 1 aliphatic rings. The Bertz CT molecular complexity index is 143. The van der Waals surface area contributed by atoms with Crippen LogP contribution in [-0.2, 0) is 0 Å². The maximum absolute atomic E-state index is 3.67. The molecule has 0 heterocycles. The normalized spacial score (nSPS) is 30.0. The highest BCUT2D eigenvalue weighted by Gasteiger charge is 2.26. The zero-order valence-electron chi connectivity index (χ0n) is 9.51. The summed E-state index contributed by atoms with van der Waals surface area (Å²) in [6.45, 7) is 4.47. The van der Waals surface area contributed by atoms with Crippen LogP contribution in [0.5, 0.6) is 0 Å². The van der Waals surface area contributed by atoms with Crippen LogP contribution in [0.2, 0.25) is 0 Å². The number of hydrogen-bond donors (Lipinski definition) is 1. The fourth-order valence-corrected chi connectivity index (χ4v) is 2.35. The topological polar surface area (TPSA) is 15.3 Å². The highest BCUT2D eigenvalue weighted by atomic mass is 15.1. The lowest BCUT2D eigenvalue weighted by molar-refractivity contribution is 0.170. The Morgan fingerprint density at radius 2 is 1.77 bits per heavy atom. The number of rotatable bonds is 3. The second-order valence-electron chi connectivity index (χ2n) is 4.74. The Morgan fingerprint density at radius 3 is 2.31 bits per heavy atom. The first-order valence-electron chi connectivity index (χ1n) is 5.53. The van der Waals surface area contributed by atoms with E-state index >= 15 is 0 Å². The number of nitrogens with zero attached hydrogens (tertiary/aromatic N) is 1. The molecular weight excluding hydrogens is 160 g/mol. The Kier molecular flexibility index (Phi) is 4.20. The molecule has 1 saturated carbocycles. The Morgan fingerprint density at radius 1 is 1.15 bits per heavy atom. The lowest BCUT2D eigenvalue weighted by Gasteiger charge is -2.37. The quantitative estimate of drug-likeness (QED) is 0.720. The molecule has 0 bridgehead atoms. The van der Waals surface area contributed by atoms with Crippen molar-refractivity contribution in [3.63, 3.8) is 0 Å². The number of likely N-dealkylation sites (N-methyl/N-ethyl adjacent to an activating group) is 1. The smallest absolute Gasteiger partial charge is 0.0243 e. The minimum Gasteiger partial charge on any atom is -0.310 e. The SMILES string of the molecule is CC(C)NC1CCCCC1N(C)C. The van der Waals surface area contributed by atoms with Crippen molar-refractivity contribution in [2.45, 2.75) is 57.7 Å². The molecule has 2 atom stereocenters. The second-order valence-corrected chi connectivity index (χ2v) is 4.74. The van der Waals surface area contributed by atoms with Crippen LogP contribution in [0.3, 0.4) is 0 Å². The summed E-state index contributed by atoms with van der Waals surface area (Å²) in [5.74, 6) is 0. The van der Waals surface area contributed by atoms with Crippen molar-refractivity contribution in [2.24, 2.45) is 0 Å². The fourth-order valence-electron chi connectivity index (χ4n) is 2.35. The average molecular weight is 184 g/mol. The summed E-state index contributed by atoms with van der Waals surface area (Å²) in [7, 11) is 4.40. The minimum absolute atomic E-state index is 0.616. The molecule has 2 nitrogen and oxygen atoms in total. The van der Waals surface area contributed by atoms with E-state index < -0.39 is 0 Å². The van der Waals surface area contributed by atoms with Crippen LogP contribution >= 0.6 is 0 Å². The molecule has 1 aliphatic carbocycles.